The highest BCUT2D eigenvalue weighted by Crippen LogP contribution is 2.23. The molecule has 16 heavy (non-hydrogen) atoms. The lowest BCUT2D eigenvalue weighted by atomic mass is 9.87. The third-order valence-corrected chi connectivity index (χ3v) is 2.59. The molecule has 0 aromatic carbocycles. The molecule has 2 nitrogen and oxygen atoms in total. The second-order valence-electron chi connectivity index (χ2n) is 7.06. The van der Waals surface area contributed by atoms with E-state index in [-0.39, 0.29) is 5.54 Å². The molecule has 0 amide bonds. The molecule has 0 fully saturated rings. The third kappa shape index (κ3) is 10.4. The maximum absolute atomic E-state index is 8.91. The summed E-state index contributed by atoms with van der Waals surface area (Å²) in [5, 5.41) is 12.6. The van der Waals surface area contributed by atoms with Crippen molar-refractivity contribution in [2.24, 2.45) is 5.41 Å². The van der Waals surface area contributed by atoms with Crippen molar-refractivity contribution >= 4 is 0 Å². The fraction of sp³-hybridized carbons (Fsp3) is 1.00. The van der Waals surface area contributed by atoms with Gasteiger partial charge in [-0.3, -0.25) is 0 Å². The van der Waals surface area contributed by atoms with Crippen molar-refractivity contribution < 1.29 is 5.11 Å². The summed E-state index contributed by atoms with van der Waals surface area (Å²) in [6, 6.07) is 0.534. The zero-order valence-electron chi connectivity index (χ0n) is 12.1. The molecule has 1 unspecified atom stereocenters. The molecule has 0 aliphatic heterocycles. The SMILES string of the molecule is CC(C)(C)CCC(CCCO)NC(C)(C)C. The zero-order valence-corrected chi connectivity index (χ0v) is 12.1. The Balaban J connectivity index is 4.10. The highest BCUT2D eigenvalue weighted by molar-refractivity contribution is 4.79. The molecule has 0 spiro atoms. The van der Waals surface area contributed by atoms with E-state index < -0.39 is 0 Å². The van der Waals surface area contributed by atoms with E-state index in [1.165, 1.54) is 12.8 Å². The van der Waals surface area contributed by atoms with Gasteiger partial charge in [-0.2, -0.15) is 0 Å². The maximum Gasteiger partial charge on any atom is 0.0431 e. The predicted octanol–water partition coefficient (Wildman–Crippen LogP) is 3.34. The van der Waals surface area contributed by atoms with Crippen LogP contribution < -0.4 is 5.32 Å². The Morgan fingerprint density at radius 2 is 1.56 bits per heavy atom. The van der Waals surface area contributed by atoms with Gasteiger partial charge in [-0.25, -0.2) is 0 Å². The topological polar surface area (TPSA) is 32.3 Å². The van der Waals surface area contributed by atoms with Gasteiger partial charge >= 0.3 is 0 Å². The summed E-state index contributed by atoms with van der Waals surface area (Å²) in [6.45, 7) is 13.8. The summed E-state index contributed by atoms with van der Waals surface area (Å²) in [5.41, 5.74) is 0.565. The van der Waals surface area contributed by atoms with Crippen LogP contribution in [0.15, 0.2) is 0 Å². The second-order valence-corrected chi connectivity index (χ2v) is 7.06. The summed E-state index contributed by atoms with van der Waals surface area (Å²) in [5.74, 6) is 0. The Hall–Kier alpha value is -0.0800. The molecule has 0 aromatic heterocycles. The molecule has 0 saturated carbocycles. The first-order chi connectivity index (χ1) is 7.14. The molecule has 2 heteroatoms. The molecule has 0 aliphatic rings. The molecule has 0 aromatic rings. The average molecular weight is 229 g/mol. The van der Waals surface area contributed by atoms with Gasteiger partial charge in [0.1, 0.15) is 0 Å². The first kappa shape index (κ1) is 15.9. The lowest BCUT2D eigenvalue weighted by Crippen LogP contribution is -2.44. The van der Waals surface area contributed by atoms with E-state index in [1.807, 2.05) is 0 Å². The largest absolute Gasteiger partial charge is 0.396 e. The standard InChI is InChI=1S/C14H31NO/c1-13(2,3)10-9-12(8-7-11-16)15-14(4,5)6/h12,15-16H,7-11H2,1-6H3. The van der Waals surface area contributed by atoms with Gasteiger partial charge in [0.15, 0.2) is 0 Å². The van der Waals surface area contributed by atoms with E-state index >= 15 is 0 Å². The Morgan fingerprint density at radius 1 is 1.00 bits per heavy atom. The van der Waals surface area contributed by atoms with Crippen LogP contribution in [0, 0.1) is 5.41 Å². The van der Waals surface area contributed by atoms with E-state index in [9.17, 15) is 0 Å². The van der Waals surface area contributed by atoms with Crippen molar-refractivity contribution in [3.8, 4) is 0 Å². The van der Waals surface area contributed by atoms with Crippen molar-refractivity contribution in [3.63, 3.8) is 0 Å². The van der Waals surface area contributed by atoms with E-state index in [0.29, 0.717) is 18.1 Å². The van der Waals surface area contributed by atoms with Crippen molar-refractivity contribution in [2.75, 3.05) is 6.61 Å². The minimum Gasteiger partial charge on any atom is -0.396 e. The van der Waals surface area contributed by atoms with Crippen molar-refractivity contribution in [1.82, 2.24) is 5.32 Å². The minimum absolute atomic E-state index is 0.165. The van der Waals surface area contributed by atoms with Crippen LogP contribution in [0.4, 0.5) is 0 Å². The van der Waals surface area contributed by atoms with Crippen LogP contribution in [-0.4, -0.2) is 23.3 Å². The predicted molar refractivity (Wildman–Crippen MR) is 71.7 cm³/mol. The van der Waals surface area contributed by atoms with Gasteiger partial charge in [0.05, 0.1) is 0 Å². The highest BCUT2D eigenvalue weighted by atomic mass is 16.2. The molecule has 0 radical (unpaired) electrons. The summed E-state index contributed by atoms with van der Waals surface area (Å²) >= 11 is 0. The monoisotopic (exact) mass is 229 g/mol. The molecular weight excluding hydrogens is 198 g/mol. The molecule has 0 bridgehead atoms. The minimum atomic E-state index is 0.165. The molecule has 98 valence electrons. The molecule has 2 N–H and O–H groups in total. The molecule has 0 heterocycles. The zero-order chi connectivity index (χ0) is 12.8. The fourth-order valence-corrected chi connectivity index (χ4v) is 1.85. The summed E-state index contributed by atoms with van der Waals surface area (Å²) in [6.07, 6.45) is 4.40. The summed E-state index contributed by atoms with van der Waals surface area (Å²) in [4.78, 5) is 0. The summed E-state index contributed by atoms with van der Waals surface area (Å²) in [7, 11) is 0. The number of aliphatic hydroxyl groups is 1. The smallest absolute Gasteiger partial charge is 0.0431 e. The van der Waals surface area contributed by atoms with Crippen LogP contribution in [0.5, 0.6) is 0 Å². The maximum atomic E-state index is 8.91. The molecule has 1 atom stereocenters. The van der Waals surface area contributed by atoms with Gasteiger partial charge in [-0.1, -0.05) is 20.8 Å². The first-order valence-electron chi connectivity index (χ1n) is 6.52. The van der Waals surface area contributed by atoms with Gasteiger partial charge in [-0.15, -0.1) is 0 Å². The van der Waals surface area contributed by atoms with Gasteiger partial charge in [0, 0.05) is 18.2 Å². The number of aliphatic hydroxyl groups excluding tert-OH is 1. The quantitative estimate of drug-likeness (QED) is 0.732. The third-order valence-electron chi connectivity index (χ3n) is 2.59. The van der Waals surface area contributed by atoms with Crippen LogP contribution >= 0.6 is 0 Å². The lowest BCUT2D eigenvalue weighted by Gasteiger charge is -2.30. The molecule has 0 rings (SSSR count). The fourth-order valence-electron chi connectivity index (χ4n) is 1.85. The second kappa shape index (κ2) is 6.61. The van der Waals surface area contributed by atoms with Crippen molar-refractivity contribution in [2.45, 2.75) is 78.8 Å². The average Bonchev–Trinajstić information content (AvgIpc) is 2.06. The lowest BCUT2D eigenvalue weighted by molar-refractivity contribution is 0.245. The van der Waals surface area contributed by atoms with Crippen LogP contribution in [0.25, 0.3) is 0 Å². The molecule has 0 saturated heterocycles. The molecule has 0 aliphatic carbocycles. The van der Waals surface area contributed by atoms with Crippen molar-refractivity contribution in [1.29, 1.82) is 0 Å². The van der Waals surface area contributed by atoms with Crippen LogP contribution in [0.2, 0.25) is 0 Å². The van der Waals surface area contributed by atoms with E-state index in [2.05, 4.69) is 46.9 Å². The first-order valence-corrected chi connectivity index (χ1v) is 6.52. The van der Waals surface area contributed by atoms with Crippen molar-refractivity contribution in [3.05, 3.63) is 0 Å². The Labute approximate surface area is 102 Å². The van der Waals surface area contributed by atoms with E-state index in [0.717, 1.165) is 12.8 Å². The van der Waals surface area contributed by atoms with E-state index in [4.69, 9.17) is 5.11 Å². The van der Waals surface area contributed by atoms with Crippen LogP contribution in [-0.2, 0) is 0 Å². The Kier molecular flexibility index (Phi) is 6.57. The van der Waals surface area contributed by atoms with E-state index in [1.54, 1.807) is 0 Å². The summed E-state index contributed by atoms with van der Waals surface area (Å²) < 4.78 is 0. The van der Waals surface area contributed by atoms with Crippen LogP contribution in [0.1, 0.15) is 67.2 Å². The van der Waals surface area contributed by atoms with Gasteiger partial charge in [0.2, 0.25) is 0 Å². The number of nitrogens with one attached hydrogen (secondary N) is 1. The normalized spacial score (nSPS) is 15.2. The number of hydrogen-bond acceptors (Lipinski definition) is 2. The van der Waals surface area contributed by atoms with Crippen LogP contribution in [0.3, 0.4) is 0 Å². The Morgan fingerprint density at radius 3 is 1.94 bits per heavy atom. The highest BCUT2D eigenvalue weighted by Gasteiger charge is 2.19. The Bertz CT molecular complexity index is 176. The van der Waals surface area contributed by atoms with Gasteiger partial charge < -0.3 is 10.4 Å². The number of rotatable bonds is 6. The number of hydrogen-bond donors (Lipinski definition) is 2. The van der Waals surface area contributed by atoms with Gasteiger partial charge in [0.25, 0.3) is 0 Å². The van der Waals surface area contributed by atoms with Gasteiger partial charge in [-0.05, 0) is 51.9 Å². The molecular formula is C14H31NO.